The molecule has 0 spiro atoms. The summed E-state index contributed by atoms with van der Waals surface area (Å²) in [6.45, 7) is 7.08. The quantitative estimate of drug-likeness (QED) is 0.198. The van der Waals surface area contributed by atoms with Crippen molar-refractivity contribution < 1.29 is 9.47 Å². The second kappa shape index (κ2) is 12.8. The van der Waals surface area contributed by atoms with Crippen LogP contribution in [-0.2, 0) is 18.3 Å². The van der Waals surface area contributed by atoms with Crippen LogP contribution in [0.1, 0.15) is 38.8 Å². The molecule has 0 saturated heterocycles. The van der Waals surface area contributed by atoms with Crippen LogP contribution in [0.5, 0.6) is 5.75 Å². The second-order valence-electron chi connectivity index (χ2n) is 7.73. The third-order valence-corrected chi connectivity index (χ3v) is 4.62. The van der Waals surface area contributed by atoms with Crippen molar-refractivity contribution >= 4 is 35.6 Å². The van der Waals surface area contributed by atoms with Gasteiger partial charge in [0.25, 0.3) is 0 Å². The van der Waals surface area contributed by atoms with Crippen LogP contribution in [0.2, 0.25) is 0 Å². The highest BCUT2D eigenvalue weighted by atomic mass is 127. The fourth-order valence-corrected chi connectivity index (χ4v) is 2.80. The Kier molecular flexibility index (Phi) is 10.4. The van der Waals surface area contributed by atoms with Gasteiger partial charge in [-0.3, -0.25) is 4.68 Å². The molecule has 166 valence electrons. The molecule has 0 atom stereocenters. The fourth-order valence-electron chi connectivity index (χ4n) is 2.80. The molecule has 1 heterocycles. The molecule has 1 saturated carbocycles. The molecule has 30 heavy (non-hydrogen) atoms. The van der Waals surface area contributed by atoms with E-state index in [4.69, 9.17) is 14.5 Å². The number of halogens is 1. The summed E-state index contributed by atoms with van der Waals surface area (Å²) in [5, 5.41) is 11.0. The van der Waals surface area contributed by atoms with Gasteiger partial charge in [-0.15, -0.1) is 24.0 Å². The van der Waals surface area contributed by atoms with E-state index in [9.17, 15) is 0 Å². The minimum Gasteiger partial charge on any atom is -0.491 e. The first-order valence-corrected chi connectivity index (χ1v) is 10.5. The normalized spacial score (nSPS) is 13.8. The molecule has 0 amide bonds. The van der Waals surface area contributed by atoms with Gasteiger partial charge in [0.2, 0.25) is 0 Å². The van der Waals surface area contributed by atoms with Crippen molar-refractivity contribution in [3.05, 3.63) is 42.2 Å². The molecule has 8 heteroatoms. The first kappa shape index (κ1) is 24.5. The van der Waals surface area contributed by atoms with Gasteiger partial charge in [-0.25, -0.2) is 4.99 Å². The van der Waals surface area contributed by atoms with Crippen LogP contribution in [0.3, 0.4) is 0 Å². The SMILES string of the molecule is CC(C)Oc1ccc(NC(=NCc2ccnn2C)NCCCOCC2CC2)cc1.I. The maximum atomic E-state index is 5.71. The highest BCUT2D eigenvalue weighted by Gasteiger charge is 2.20. The zero-order chi connectivity index (χ0) is 20.5. The molecule has 1 aliphatic carbocycles. The minimum absolute atomic E-state index is 0. The standard InChI is InChI=1S/C22H33N5O2.HI/c1-17(2)29-21-9-7-19(8-10-21)26-22(24-15-20-11-13-25-27(20)3)23-12-4-14-28-16-18-5-6-18;/h7-11,13,17-18H,4-6,12,14-16H2,1-3H3,(H2,23,24,26);1H. The van der Waals surface area contributed by atoms with E-state index in [1.165, 1.54) is 12.8 Å². The lowest BCUT2D eigenvalue weighted by atomic mass is 10.3. The molecule has 1 aliphatic rings. The summed E-state index contributed by atoms with van der Waals surface area (Å²) in [6, 6.07) is 9.90. The Balaban J connectivity index is 0.00000320. The van der Waals surface area contributed by atoms with E-state index in [1.807, 2.05) is 55.9 Å². The van der Waals surface area contributed by atoms with Crippen LogP contribution in [0.15, 0.2) is 41.5 Å². The second-order valence-corrected chi connectivity index (χ2v) is 7.73. The summed E-state index contributed by atoms with van der Waals surface area (Å²) >= 11 is 0. The largest absolute Gasteiger partial charge is 0.491 e. The molecule has 0 radical (unpaired) electrons. The van der Waals surface area contributed by atoms with Gasteiger partial charge in [0.15, 0.2) is 5.96 Å². The molecular weight excluding hydrogens is 493 g/mol. The Morgan fingerprint density at radius 3 is 2.63 bits per heavy atom. The van der Waals surface area contributed by atoms with Gasteiger partial charge in [0.1, 0.15) is 5.75 Å². The lowest BCUT2D eigenvalue weighted by Gasteiger charge is -2.14. The van der Waals surface area contributed by atoms with E-state index >= 15 is 0 Å². The number of nitrogens with one attached hydrogen (secondary N) is 2. The Bertz CT molecular complexity index is 772. The molecular formula is C22H34IN5O2. The number of anilines is 1. The highest BCUT2D eigenvalue weighted by Crippen LogP contribution is 2.28. The Morgan fingerprint density at radius 2 is 2.00 bits per heavy atom. The lowest BCUT2D eigenvalue weighted by molar-refractivity contribution is 0.123. The number of hydrogen-bond donors (Lipinski definition) is 2. The number of hydrogen-bond acceptors (Lipinski definition) is 4. The number of aryl methyl sites for hydroxylation is 1. The van der Waals surface area contributed by atoms with Crippen LogP contribution in [0, 0.1) is 5.92 Å². The monoisotopic (exact) mass is 527 g/mol. The van der Waals surface area contributed by atoms with Crippen molar-refractivity contribution in [1.82, 2.24) is 15.1 Å². The maximum Gasteiger partial charge on any atom is 0.196 e. The van der Waals surface area contributed by atoms with Gasteiger partial charge in [-0.1, -0.05) is 0 Å². The molecule has 1 fully saturated rings. The molecule has 2 aromatic rings. The zero-order valence-electron chi connectivity index (χ0n) is 18.1. The van der Waals surface area contributed by atoms with E-state index in [0.29, 0.717) is 6.54 Å². The first-order chi connectivity index (χ1) is 14.1. The summed E-state index contributed by atoms with van der Waals surface area (Å²) < 4.78 is 13.3. The Hall–Kier alpha value is -1.81. The van der Waals surface area contributed by atoms with Crippen LogP contribution >= 0.6 is 24.0 Å². The van der Waals surface area contributed by atoms with Gasteiger partial charge in [0.05, 0.1) is 18.3 Å². The average Bonchev–Trinajstić information content (AvgIpc) is 3.43. The molecule has 0 bridgehead atoms. The lowest BCUT2D eigenvalue weighted by Crippen LogP contribution is -2.32. The highest BCUT2D eigenvalue weighted by molar-refractivity contribution is 14.0. The number of rotatable bonds is 11. The summed E-state index contributed by atoms with van der Waals surface area (Å²) in [7, 11) is 1.93. The Morgan fingerprint density at radius 1 is 1.23 bits per heavy atom. The molecule has 0 aliphatic heterocycles. The molecule has 7 nitrogen and oxygen atoms in total. The van der Waals surface area contributed by atoms with Gasteiger partial charge >= 0.3 is 0 Å². The zero-order valence-corrected chi connectivity index (χ0v) is 20.5. The maximum absolute atomic E-state index is 5.71. The summed E-state index contributed by atoms with van der Waals surface area (Å²) in [5.41, 5.74) is 2.02. The summed E-state index contributed by atoms with van der Waals surface area (Å²) in [6.07, 6.45) is 5.55. The van der Waals surface area contributed by atoms with E-state index in [1.54, 1.807) is 6.20 Å². The van der Waals surface area contributed by atoms with Crippen LogP contribution in [0.4, 0.5) is 5.69 Å². The predicted octanol–water partition coefficient (Wildman–Crippen LogP) is 4.20. The number of aromatic nitrogens is 2. The van der Waals surface area contributed by atoms with Gasteiger partial charge in [-0.05, 0) is 69.4 Å². The van der Waals surface area contributed by atoms with Crippen molar-refractivity contribution in [2.24, 2.45) is 18.0 Å². The van der Waals surface area contributed by atoms with E-state index in [-0.39, 0.29) is 30.1 Å². The van der Waals surface area contributed by atoms with Crippen molar-refractivity contribution in [1.29, 1.82) is 0 Å². The number of guanidine groups is 1. The van der Waals surface area contributed by atoms with Gasteiger partial charge in [0, 0.05) is 38.7 Å². The average molecular weight is 527 g/mol. The molecule has 3 rings (SSSR count). The molecule has 0 unspecified atom stereocenters. The van der Waals surface area contributed by atoms with E-state index < -0.39 is 0 Å². The van der Waals surface area contributed by atoms with E-state index in [2.05, 4.69) is 15.7 Å². The molecule has 1 aromatic heterocycles. The van der Waals surface area contributed by atoms with Gasteiger partial charge in [-0.2, -0.15) is 5.10 Å². The van der Waals surface area contributed by atoms with Gasteiger partial charge < -0.3 is 20.1 Å². The number of benzene rings is 1. The van der Waals surface area contributed by atoms with Crippen molar-refractivity contribution in [2.75, 3.05) is 25.1 Å². The molecule has 1 aromatic carbocycles. The van der Waals surface area contributed by atoms with Crippen LogP contribution in [-0.4, -0.2) is 41.6 Å². The third kappa shape index (κ3) is 8.91. The smallest absolute Gasteiger partial charge is 0.196 e. The summed E-state index contributed by atoms with van der Waals surface area (Å²) in [4.78, 5) is 4.71. The van der Waals surface area contributed by atoms with Crippen LogP contribution in [0.25, 0.3) is 0 Å². The minimum atomic E-state index is 0. The van der Waals surface area contributed by atoms with Crippen molar-refractivity contribution in [3.63, 3.8) is 0 Å². The van der Waals surface area contributed by atoms with E-state index in [0.717, 1.165) is 55.2 Å². The summed E-state index contributed by atoms with van der Waals surface area (Å²) in [5.74, 6) is 2.41. The number of nitrogens with zero attached hydrogens (tertiary/aromatic N) is 3. The topological polar surface area (TPSA) is 72.7 Å². The third-order valence-electron chi connectivity index (χ3n) is 4.62. The molecule has 2 N–H and O–H groups in total. The van der Waals surface area contributed by atoms with Crippen molar-refractivity contribution in [3.8, 4) is 5.75 Å². The Labute approximate surface area is 196 Å². The first-order valence-electron chi connectivity index (χ1n) is 10.5. The number of ether oxygens (including phenoxy) is 2. The van der Waals surface area contributed by atoms with Crippen LogP contribution < -0.4 is 15.4 Å². The fraction of sp³-hybridized carbons (Fsp3) is 0.545. The van der Waals surface area contributed by atoms with Crippen molar-refractivity contribution in [2.45, 2.75) is 45.8 Å². The number of aliphatic imine (C=N–C) groups is 1. The predicted molar refractivity (Wildman–Crippen MR) is 132 cm³/mol.